The van der Waals surface area contributed by atoms with Crippen molar-refractivity contribution in [1.29, 1.82) is 0 Å². The lowest BCUT2D eigenvalue weighted by atomic mass is 10.1. The minimum atomic E-state index is -3.69. The first kappa shape index (κ1) is 21.8. The summed E-state index contributed by atoms with van der Waals surface area (Å²) in [5, 5.41) is 2.93. The fourth-order valence-electron chi connectivity index (χ4n) is 4.04. The topological polar surface area (TPSA) is 79.0 Å². The van der Waals surface area contributed by atoms with Crippen molar-refractivity contribution in [2.24, 2.45) is 0 Å². The lowest BCUT2D eigenvalue weighted by Gasteiger charge is -2.31. The third-order valence-electron chi connectivity index (χ3n) is 5.83. The first-order valence-corrected chi connectivity index (χ1v) is 12.2. The van der Waals surface area contributed by atoms with Gasteiger partial charge in [0, 0.05) is 37.6 Å². The van der Waals surface area contributed by atoms with Crippen molar-refractivity contribution in [3.63, 3.8) is 0 Å². The molecule has 4 rings (SSSR count). The first-order valence-electron chi connectivity index (χ1n) is 10.8. The van der Waals surface area contributed by atoms with Crippen LogP contribution in [0.5, 0.6) is 0 Å². The molecule has 0 aromatic heterocycles. The van der Waals surface area contributed by atoms with Crippen LogP contribution in [0.2, 0.25) is 0 Å². The van der Waals surface area contributed by atoms with Crippen molar-refractivity contribution in [2.45, 2.75) is 31.1 Å². The van der Waals surface area contributed by atoms with Gasteiger partial charge in [0.2, 0.25) is 10.0 Å². The first-order chi connectivity index (χ1) is 14.9. The van der Waals surface area contributed by atoms with E-state index in [1.807, 2.05) is 31.2 Å². The molecule has 1 N–H and O–H groups in total. The molecule has 7 nitrogen and oxygen atoms in total. The molecular weight excluding hydrogens is 414 g/mol. The number of amides is 1. The van der Waals surface area contributed by atoms with E-state index >= 15 is 0 Å². The Morgan fingerprint density at radius 3 is 2.29 bits per heavy atom. The number of rotatable bonds is 5. The highest BCUT2D eigenvalue weighted by Gasteiger charge is 2.29. The van der Waals surface area contributed by atoms with Crippen molar-refractivity contribution in [2.75, 3.05) is 49.6 Å². The molecular formula is C23H29N3O4S. The maximum absolute atomic E-state index is 13.3. The van der Waals surface area contributed by atoms with Crippen molar-refractivity contribution in [3.8, 4) is 0 Å². The summed E-state index contributed by atoms with van der Waals surface area (Å²) in [6, 6.07) is 12.5. The number of aryl methyl sites for hydroxylation is 1. The van der Waals surface area contributed by atoms with Crippen molar-refractivity contribution in [1.82, 2.24) is 4.31 Å². The Labute approximate surface area is 184 Å². The van der Waals surface area contributed by atoms with E-state index in [0.29, 0.717) is 37.6 Å². The van der Waals surface area contributed by atoms with Gasteiger partial charge in [-0.1, -0.05) is 17.7 Å². The Morgan fingerprint density at radius 2 is 1.61 bits per heavy atom. The van der Waals surface area contributed by atoms with Gasteiger partial charge >= 0.3 is 0 Å². The van der Waals surface area contributed by atoms with Gasteiger partial charge in [-0.3, -0.25) is 4.79 Å². The monoisotopic (exact) mass is 443 g/mol. The summed E-state index contributed by atoms with van der Waals surface area (Å²) >= 11 is 0. The van der Waals surface area contributed by atoms with Crippen LogP contribution in [0.15, 0.2) is 47.4 Å². The van der Waals surface area contributed by atoms with E-state index in [9.17, 15) is 13.2 Å². The van der Waals surface area contributed by atoms with Gasteiger partial charge in [-0.15, -0.1) is 0 Å². The molecule has 8 heteroatoms. The highest BCUT2D eigenvalue weighted by molar-refractivity contribution is 7.89. The maximum Gasteiger partial charge on any atom is 0.257 e. The number of ether oxygens (including phenoxy) is 1. The quantitative estimate of drug-likeness (QED) is 0.767. The molecule has 0 aliphatic carbocycles. The zero-order valence-corrected chi connectivity index (χ0v) is 18.7. The molecule has 0 spiro atoms. The smallest absolute Gasteiger partial charge is 0.257 e. The molecule has 31 heavy (non-hydrogen) atoms. The Bertz CT molecular complexity index is 1030. The molecule has 0 saturated carbocycles. The molecule has 2 aromatic carbocycles. The van der Waals surface area contributed by atoms with Gasteiger partial charge < -0.3 is 15.0 Å². The molecule has 2 saturated heterocycles. The average Bonchev–Trinajstić information content (AvgIpc) is 2.81. The van der Waals surface area contributed by atoms with Crippen LogP contribution in [0.25, 0.3) is 0 Å². The van der Waals surface area contributed by atoms with E-state index < -0.39 is 10.0 Å². The highest BCUT2D eigenvalue weighted by atomic mass is 32.2. The number of morpholine rings is 1. The third-order valence-corrected chi connectivity index (χ3v) is 7.72. The molecule has 1 amide bonds. The van der Waals surface area contributed by atoms with E-state index in [1.54, 1.807) is 12.1 Å². The summed E-state index contributed by atoms with van der Waals surface area (Å²) < 4.78 is 33.1. The molecule has 2 fully saturated rings. The summed E-state index contributed by atoms with van der Waals surface area (Å²) in [6.45, 7) is 5.11. The third kappa shape index (κ3) is 4.92. The van der Waals surface area contributed by atoms with Crippen molar-refractivity contribution >= 4 is 27.3 Å². The molecule has 0 unspecified atom stereocenters. The van der Waals surface area contributed by atoms with Crippen LogP contribution in [-0.2, 0) is 14.8 Å². The lowest BCUT2D eigenvalue weighted by molar-refractivity contribution is 0.0730. The summed E-state index contributed by atoms with van der Waals surface area (Å²) in [7, 11) is -3.69. The number of carbonyl (C=O) groups excluding carboxylic acids is 1. The van der Waals surface area contributed by atoms with Crippen molar-refractivity contribution < 1.29 is 17.9 Å². The van der Waals surface area contributed by atoms with Gasteiger partial charge in [-0.25, -0.2) is 8.42 Å². The van der Waals surface area contributed by atoms with Crippen LogP contribution in [0.3, 0.4) is 0 Å². The average molecular weight is 444 g/mol. The Morgan fingerprint density at radius 1 is 0.935 bits per heavy atom. The van der Waals surface area contributed by atoms with Gasteiger partial charge in [0.15, 0.2) is 0 Å². The number of nitrogens with one attached hydrogen (secondary N) is 1. The van der Waals surface area contributed by atoms with E-state index in [2.05, 4.69) is 10.2 Å². The number of piperidine rings is 1. The normalized spacial score (nSPS) is 18.0. The van der Waals surface area contributed by atoms with E-state index in [0.717, 1.165) is 37.2 Å². The molecule has 0 bridgehead atoms. The van der Waals surface area contributed by atoms with Crippen LogP contribution in [0.4, 0.5) is 11.4 Å². The summed E-state index contributed by atoms with van der Waals surface area (Å²) in [5.41, 5.74) is 2.95. The Kier molecular flexibility index (Phi) is 6.60. The van der Waals surface area contributed by atoms with Crippen LogP contribution >= 0.6 is 0 Å². The molecule has 2 aliphatic heterocycles. The molecule has 0 radical (unpaired) electrons. The number of sulfonamides is 1. The van der Waals surface area contributed by atoms with Crippen molar-refractivity contribution in [3.05, 3.63) is 53.6 Å². The van der Waals surface area contributed by atoms with Gasteiger partial charge in [0.25, 0.3) is 5.91 Å². The van der Waals surface area contributed by atoms with Crippen LogP contribution in [0.1, 0.15) is 35.2 Å². The molecule has 166 valence electrons. The fraction of sp³-hybridized carbons (Fsp3) is 0.435. The largest absolute Gasteiger partial charge is 0.379 e. The van der Waals surface area contributed by atoms with Gasteiger partial charge in [-0.2, -0.15) is 4.31 Å². The molecule has 2 heterocycles. The van der Waals surface area contributed by atoms with E-state index in [1.165, 1.54) is 16.8 Å². The second-order valence-corrected chi connectivity index (χ2v) is 10.0. The number of carbonyl (C=O) groups is 1. The summed E-state index contributed by atoms with van der Waals surface area (Å²) in [6.07, 6.45) is 3.30. The second-order valence-electron chi connectivity index (χ2n) is 8.06. The van der Waals surface area contributed by atoms with Gasteiger partial charge in [0.05, 0.1) is 23.7 Å². The van der Waals surface area contributed by atoms with Crippen LogP contribution < -0.4 is 10.2 Å². The Hall–Kier alpha value is -2.42. The van der Waals surface area contributed by atoms with Gasteiger partial charge in [-0.05, 0) is 56.5 Å². The zero-order valence-electron chi connectivity index (χ0n) is 17.8. The number of hydrogen-bond donors (Lipinski definition) is 1. The number of hydrogen-bond acceptors (Lipinski definition) is 5. The number of anilines is 2. The predicted octanol–water partition coefficient (Wildman–Crippen LogP) is 3.26. The SMILES string of the molecule is Cc1ccc(NC(=O)c2cc(S(=O)(=O)N3CCOCC3)ccc2N2CCCCC2)cc1. The standard InChI is InChI=1S/C23H29N3O4S/c1-18-5-7-19(8-6-18)24-23(27)21-17-20(31(28,29)26-13-15-30-16-14-26)9-10-22(21)25-11-3-2-4-12-25/h5-10,17H,2-4,11-16H2,1H3,(H,24,27). The summed E-state index contributed by atoms with van der Waals surface area (Å²) in [5.74, 6) is -0.302. The molecule has 2 aromatic rings. The maximum atomic E-state index is 13.3. The zero-order chi connectivity index (χ0) is 21.8. The summed E-state index contributed by atoms with van der Waals surface area (Å²) in [4.78, 5) is 15.6. The second kappa shape index (κ2) is 9.38. The van der Waals surface area contributed by atoms with E-state index in [4.69, 9.17) is 4.74 Å². The number of benzene rings is 2. The Balaban J connectivity index is 1.69. The highest BCUT2D eigenvalue weighted by Crippen LogP contribution is 2.29. The molecule has 0 atom stereocenters. The minimum Gasteiger partial charge on any atom is -0.379 e. The fourth-order valence-corrected chi connectivity index (χ4v) is 5.47. The van der Waals surface area contributed by atoms with Crippen LogP contribution in [0, 0.1) is 6.92 Å². The van der Waals surface area contributed by atoms with Crippen LogP contribution in [-0.4, -0.2) is 58.0 Å². The van der Waals surface area contributed by atoms with E-state index in [-0.39, 0.29) is 10.8 Å². The molecule has 2 aliphatic rings. The number of nitrogens with zero attached hydrogens (tertiary/aromatic N) is 2. The van der Waals surface area contributed by atoms with Gasteiger partial charge in [0.1, 0.15) is 0 Å². The lowest BCUT2D eigenvalue weighted by Crippen LogP contribution is -2.40. The predicted molar refractivity (Wildman–Crippen MR) is 121 cm³/mol. The minimum absolute atomic E-state index is 0.143.